The molecule has 0 unspecified atom stereocenters. The quantitative estimate of drug-likeness (QED) is 0.466. The van der Waals surface area contributed by atoms with Crippen LogP contribution in [-0.2, 0) is 22.6 Å². The molecule has 1 heterocycles. The lowest BCUT2D eigenvalue weighted by molar-refractivity contribution is -0.133. The number of aromatic nitrogens is 2. The minimum absolute atomic E-state index is 0.279. The average Bonchev–Trinajstić information content (AvgIpc) is 3.06. The number of esters is 1. The first-order valence-corrected chi connectivity index (χ1v) is 11.0. The number of halogens is 1. The maximum absolute atomic E-state index is 12.7. The van der Waals surface area contributed by atoms with E-state index >= 15 is 0 Å². The molecule has 0 radical (unpaired) electrons. The van der Waals surface area contributed by atoms with Gasteiger partial charge in [0.15, 0.2) is 6.61 Å². The van der Waals surface area contributed by atoms with Crippen LogP contribution in [0.1, 0.15) is 32.9 Å². The summed E-state index contributed by atoms with van der Waals surface area (Å²) >= 11 is 6.25. The van der Waals surface area contributed by atoms with Crippen molar-refractivity contribution in [2.75, 3.05) is 32.6 Å². The van der Waals surface area contributed by atoms with E-state index in [1.54, 1.807) is 30.5 Å². The molecule has 0 fully saturated rings. The first kappa shape index (κ1) is 24.3. The minimum Gasteiger partial charge on any atom is -0.452 e. The maximum atomic E-state index is 12.7. The fourth-order valence-electron chi connectivity index (χ4n) is 3.51. The first-order valence-electron chi connectivity index (χ1n) is 10.6. The molecule has 0 aliphatic heterocycles. The summed E-state index contributed by atoms with van der Waals surface area (Å²) in [6.07, 6.45) is 0. The van der Waals surface area contributed by atoms with Crippen molar-refractivity contribution in [3.05, 3.63) is 81.6 Å². The molecule has 0 atom stereocenters. The van der Waals surface area contributed by atoms with Crippen molar-refractivity contribution < 1.29 is 14.3 Å². The molecule has 1 amide bonds. The van der Waals surface area contributed by atoms with Crippen molar-refractivity contribution in [2.24, 2.45) is 0 Å². The van der Waals surface area contributed by atoms with E-state index in [1.807, 2.05) is 67.5 Å². The molecule has 0 spiro atoms. The van der Waals surface area contributed by atoms with Gasteiger partial charge in [0.05, 0.1) is 17.9 Å². The third-order valence-electron chi connectivity index (χ3n) is 5.49. The normalized spacial score (nSPS) is 10.7. The standard InChI is InChI=1S/C25H29ClN4O3/c1-17-24(18(2)30(27-17)15-20-8-6-7-9-22(20)26)25(32)33-16-23(31)29(5)14-19-10-12-21(13-11-19)28(3)4/h6-13H,14-16H2,1-5H3. The molecule has 33 heavy (non-hydrogen) atoms. The summed E-state index contributed by atoms with van der Waals surface area (Å²) < 4.78 is 7.05. The van der Waals surface area contributed by atoms with Crippen LogP contribution in [0, 0.1) is 13.8 Å². The number of rotatable bonds is 8. The Hall–Kier alpha value is -3.32. The number of ether oxygens (including phenoxy) is 1. The van der Waals surface area contributed by atoms with Crippen molar-refractivity contribution in [3.63, 3.8) is 0 Å². The van der Waals surface area contributed by atoms with Crippen LogP contribution in [0.3, 0.4) is 0 Å². The lowest BCUT2D eigenvalue weighted by Gasteiger charge is -2.18. The number of hydrogen-bond donors (Lipinski definition) is 0. The van der Waals surface area contributed by atoms with E-state index in [0.717, 1.165) is 16.8 Å². The third-order valence-corrected chi connectivity index (χ3v) is 5.86. The van der Waals surface area contributed by atoms with E-state index in [-0.39, 0.29) is 12.5 Å². The highest BCUT2D eigenvalue weighted by Crippen LogP contribution is 2.20. The number of hydrogen-bond acceptors (Lipinski definition) is 5. The van der Waals surface area contributed by atoms with Crippen LogP contribution < -0.4 is 4.90 Å². The molecule has 0 aliphatic rings. The van der Waals surface area contributed by atoms with E-state index < -0.39 is 5.97 Å². The average molecular weight is 469 g/mol. The van der Waals surface area contributed by atoms with Crippen LogP contribution in [0.2, 0.25) is 5.02 Å². The highest BCUT2D eigenvalue weighted by molar-refractivity contribution is 6.31. The Labute approximate surface area is 199 Å². The maximum Gasteiger partial charge on any atom is 0.342 e. The number of benzene rings is 2. The molecular weight excluding hydrogens is 440 g/mol. The largest absolute Gasteiger partial charge is 0.452 e. The van der Waals surface area contributed by atoms with Crippen LogP contribution in [0.15, 0.2) is 48.5 Å². The van der Waals surface area contributed by atoms with Gasteiger partial charge in [0, 0.05) is 38.4 Å². The first-order chi connectivity index (χ1) is 15.7. The van der Waals surface area contributed by atoms with Gasteiger partial charge in [-0.2, -0.15) is 5.10 Å². The Morgan fingerprint density at radius 1 is 1.03 bits per heavy atom. The van der Waals surface area contributed by atoms with E-state index in [4.69, 9.17) is 16.3 Å². The summed E-state index contributed by atoms with van der Waals surface area (Å²) in [5, 5.41) is 5.10. The van der Waals surface area contributed by atoms with Crippen LogP contribution in [-0.4, -0.2) is 54.3 Å². The predicted octanol–water partition coefficient (Wildman–Crippen LogP) is 4.08. The molecule has 3 aromatic rings. The zero-order valence-corrected chi connectivity index (χ0v) is 20.4. The van der Waals surface area contributed by atoms with Gasteiger partial charge in [-0.3, -0.25) is 9.48 Å². The molecule has 8 heteroatoms. The van der Waals surface area contributed by atoms with Gasteiger partial charge in [0.1, 0.15) is 5.56 Å². The van der Waals surface area contributed by atoms with Crippen molar-refractivity contribution in [1.29, 1.82) is 0 Å². The van der Waals surface area contributed by atoms with Gasteiger partial charge < -0.3 is 14.5 Å². The lowest BCUT2D eigenvalue weighted by Crippen LogP contribution is -2.31. The summed E-state index contributed by atoms with van der Waals surface area (Å²) in [6.45, 7) is 4.09. The Kier molecular flexibility index (Phi) is 7.76. The zero-order valence-electron chi connectivity index (χ0n) is 19.6. The van der Waals surface area contributed by atoms with Gasteiger partial charge in [0.2, 0.25) is 0 Å². The van der Waals surface area contributed by atoms with E-state index in [9.17, 15) is 9.59 Å². The van der Waals surface area contributed by atoms with Crippen molar-refractivity contribution in [2.45, 2.75) is 26.9 Å². The van der Waals surface area contributed by atoms with Crippen LogP contribution >= 0.6 is 11.6 Å². The summed E-state index contributed by atoms with van der Waals surface area (Å²) in [7, 11) is 5.64. The highest BCUT2D eigenvalue weighted by atomic mass is 35.5. The molecule has 0 N–H and O–H groups in total. The molecule has 0 bridgehead atoms. The smallest absolute Gasteiger partial charge is 0.342 e. The lowest BCUT2D eigenvalue weighted by atomic mass is 10.2. The number of amides is 1. The number of aryl methyl sites for hydroxylation is 1. The Balaban J connectivity index is 1.60. The summed E-state index contributed by atoms with van der Waals surface area (Å²) in [4.78, 5) is 28.8. The second kappa shape index (κ2) is 10.5. The van der Waals surface area contributed by atoms with Gasteiger partial charge in [-0.25, -0.2) is 4.79 Å². The molecule has 7 nitrogen and oxygen atoms in total. The second-order valence-electron chi connectivity index (χ2n) is 8.18. The van der Waals surface area contributed by atoms with E-state index in [0.29, 0.717) is 35.1 Å². The number of nitrogens with zero attached hydrogens (tertiary/aromatic N) is 4. The van der Waals surface area contributed by atoms with Gasteiger partial charge in [0.25, 0.3) is 5.91 Å². The minimum atomic E-state index is -0.563. The van der Waals surface area contributed by atoms with E-state index in [2.05, 4.69) is 5.10 Å². The fraction of sp³-hybridized carbons (Fsp3) is 0.320. The molecule has 0 saturated carbocycles. The summed E-state index contributed by atoms with van der Waals surface area (Å²) in [6, 6.07) is 15.5. The third kappa shape index (κ3) is 5.93. The van der Waals surface area contributed by atoms with Gasteiger partial charge in [-0.05, 0) is 43.2 Å². The van der Waals surface area contributed by atoms with Gasteiger partial charge in [-0.1, -0.05) is 41.9 Å². The number of likely N-dealkylation sites (N-methyl/N-ethyl adjacent to an activating group) is 1. The van der Waals surface area contributed by atoms with Crippen molar-refractivity contribution in [3.8, 4) is 0 Å². The SMILES string of the molecule is Cc1nn(Cc2ccccc2Cl)c(C)c1C(=O)OCC(=O)N(C)Cc1ccc(N(C)C)cc1. The number of carbonyl (C=O) groups excluding carboxylic acids is 2. The van der Waals surface area contributed by atoms with E-state index in [1.165, 1.54) is 0 Å². The van der Waals surface area contributed by atoms with Crippen LogP contribution in [0.4, 0.5) is 5.69 Å². The van der Waals surface area contributed by atoms with Crippen LogP contribution in [0.25, 0.3) is 0 Å². The summed E-state index contributed by atoms with van der Waals surface area (Å²) in [5.74, 6) is -0.841. The van der Waals surface area contributed by atoms with Crippen molar-refractivity contribution >= 4 is 29.2 Å². The molecule has 3 rings (SSSR count). The Bertz CT molecular complexity index is 1140. The zero-order chi connectivity index (χ0) is 24.1. The van der Waals surface area contributed by atoms with Gasteiger partial charge in [-0.15, -0.1) is 0 Å². The van der Waals surface area contributed by atoms with Crippen LogP contribution in [0.5, 0.6) is 0 Å². The number of anilines is 1. The molecule has 0 saturated heterocycles. The molecule has 174 valence electrons. The van der Waals surface area contributed by atoms with Crippen molar-refractivity contribution in [1.82, 2.24) is 14.7 Å². The number of carbonyl (C=O) groups is 2. The fourth-order valence-corrected chi connectivity index (χ4v) is 3.70. The molecule has 0 aliphatic carbocycles. The summed E-state index contributed by atoms with van der Waals surface area (Å²) in [5.41, 5.74) is 4.57. The van der Waals surface area contributed by atoms with Gasteiger partial charge >= 0.3 is 5.97 Å². The molecule has 1 aromatic heterocycles. The Morgan fingerprint density at radius 2 is 1.70 bits per heavy atom. The topological polar surface area (TPSA) is 67.7 Å². The highest BCUT2D eigenvalue weighted by Gasteiger charge is 2.22. The molecular formula is C25H29ClN4O3. The second-order valence-corrected chi connectivity index (χ2v) is 8.59. The monoisotopic (exact) mass is 468 g/mol. The Morgan fingerprint density at radius 3 is 2.33 bits per heavy atom. The predicted molar refractivity (Wildman–Crippen MR) is 130 cm³/mol. The molecule has 2 aromatic carbocycles.